The van der Waals surface area contributed by atoms with Gasteiger partial charge < -0.3 is 10.2 Å². The molecule has 0 aliphatic heterocycles. The molecule has 0 spiro atoms. The van der Waals surface area contributed by atoms with Gasteiger partial charge in [0.2, 0.25) is 11.6 Å². The summed E-state index contributed by atoms with van der Waals surface area (Å²) in [6.45, 7) is 0. The highest BCUT2D eigenvalue weighted by Crippen LogP contribution is 2.33. The molecule has 0 bridgehead atoms. The average molecular weight is 356 g/mol. The van der Waals surface area contributed by atoms with Crippen molar-refractivity contribution < 1.29 is 24.8 Å². The lowest BCUT2D eigenvalue weighted by Gasteiger charge is -2.06. The molecule has 12 heteroatoms. The first-order chi connectivity index (χ1) is 11.4. The number of aromatic hydroxyl groups is 2. The van der Waals surface area contributed by atoms with Gasteiger partial charge >= 0.3 is 5.69 Å². The summed E-state index contributed by atoms with van der Waals surface area (Å²) >= 11 is 0.632. The molecule has 0 unspecified atom stereocenters. The van der Waals surface area contributed by atoms with Crippen molar-refractivity contribution >= 4 is 23.4 Å². The van der Waals surface area contributed by atoms with Crippen LogP contribution in [0, 0.1) is 0 Å². The zero-order valence-electron chi connectivity index (χ0n) is 12.4. The van der Waals surface area contributed by atoms with Crippen LogP contribution in [-0.4, -0.2) is 24.6 Å². The minimum absolute atomic E-state index is 0.0446. The van der Waals surface area contributed by atoms with Crippen LogP contribution in [0.5, 0.6) is 11.6 Å². The normalized spacial score (nSPS) is 11.3. The molecular formula is C12H12N4O7S. The summed E-state index contributed by atoms with van der Waals surface area (Å²) in [5.41, 5.74) is -2.08. The fourth-order valence-corrected chi connectivity index (χ4v) is 2.09. The third kappa shape index (κ3) is 3.46. The van der Waals surface area contributed by atoms with E-state index in [1.165, 1.54) is 32.3 Å². The first-order valence-corrected chi connectivity index (χ1v) is 6.99. The third-order valence-electron chi connectivity index (χ3n) is 2.98. The quantitative estimate of drug-likeness (QED) is 0.314. The van der Waals surface area contributed by atoms with Crippen LogP contribution in [0.15, 0.2) is 42.9 Å². The van der Waals surface area contributed by atoms with Crippen LogP contribution in [0.1, 0.15) is 0 Å². The topological polar surface area (TPSA) is 148 Å². The van der Waals surface area contributed by atoms with E-state index in [0.717, 1.165) is 9.13 Å². The second-order valence-electron chi connectivity index (χ2n) is 4.45. The first-order valence-electron chi connectivity index (χ1n) is 6.25. The molecule has 1 heterocycles. The maximum Gasteiger partial charge on any atom is 0.333 e. The Morgan fingerprint density at radius 3 is 2.50 bits per heavy atom. The van der Waals surface area contributed by atoms with Crippen molar-refractivity contribution in [2.75, 3.05) is 0 Å². The predicted molar refractivity (Wildman–Crippen MR) is 81.5 cm³/mol. The number of azo groups is 1. The number of phenolic OH excluding ortho intramolecular Hbond substituents is 1. The van der Waals surface area contributed by atoms with Crippen molar-refractivity contribution in [3.8, 4) is 11.6 Å². The monoisotopic (exact) mass is 356 g/mol. The van der Waals surface area contributed by atoms with Crippen molar-refractivity contribution in [1.82, 2.24) is 9.13 Å². The molecule has 2 aromatic rings. The molecule has 0 radical (unpaired) electrons. The van der Waals surface area contributed by atoms with Gasteiger partial charge in [0.05, 0.1) is 12.0 Å². The van der Waals surface area contributed by atoms with Gasteiger partial charge in [0.25, 0.3) is 5.56 Å². The first kappa shape index (κ1) is 17.7. The molecule has 24 heavy (non-hydrogen) atoms. The van der Waals surface area contributed by atoms with Crippen LogP contribution in [0.2, 0.25) is 0 Å². The average Bonchev–Trinajstić information content (AvgIpc) is 2.58. The molecule has 1 aromatic carbocycles. The summed E-state index contributed by atoms with van der Waals surface area (Å²) in [6, 6.07) is 4.04. The molecule has 0 fully saturated rings. The van der Waals surface area contributed by atoms with Crippen molar-refractivity contribution in [3.63, 3.8) is 0 Å². The lowest BCUT2D eigenvalue weighted by atomic mass is 10.3. The Morgan fingerprint density at radius 2 is 1.83 bits per heavy atom. The minimum atomic E-state index is -0.846. The van der Waals surface area contributed by atoms with E-state index in [-0.39, 0.29) is 11.4 Å². The summed E-state index contributed by atoms with van der Waals surface area (Å²) in [4.78, 5) is 24.0. The van der Waals surface area contributed by atoms with Gasteiger partial charge in [0.1, 0.15) is 11.4 Å². The van der Waals surface area contributed by atoms with Gasteiger partial charge in [-0.05, 0) is 18.2 Å². The highest BCUT2D eigenvalue weighted by molar-refractivity contribution is 7.94. The Morgan fingerprint density at radius 1 is 1.12 bits per heavy atom. The van der Waals surface area contributed by atoms with Gasteiger partial charge in [-0.3, -0.25) is 13.9 Å². The van der Waals surface area contributed by atoms with Crippen LogP contribution in [0.25, 0.3) is 0 Å². The number of phenols is 1. The van der Waals surface area contributed by atoms with E-state index >= 15 is 0 Å². The van der Waals surface area contributed by atoms with Gasteiger partial charge in [0, 0.05) is 19.0 Å². The Balaban J connectivity index is 2.46. The van der Waals surface area contributed by atoms with Crippen molar-refractivity contribution in [2.24, 2.45) is 24.3 Å². The smallest absolute Gasteiger partial charge is 0.333 e. The van der Waals surface area contributed by atoms with Crippen LogP contribution >= 0.6 is 12.0 Å². The lowest BCUT2D eigenvalue weighted by Crippen LogP contribution is -2.36. The number of aromatic nitrogens is 2. The Hall–Kier alpha value is -2.67. The fraction of sp³-hybridized carbons (Fsp3) is 0.167. The molecule has 0 aliphatic carbocycles. The summed E-state index contributed by atoms with van der Waals surface area (Å²) in [5, 5.41) is 38.5. The molecule has 0 amide bonds. The zero-order valence-corrected chi connectivity index (χ0v) is 13.2. The van der Waals surface area contributed by atoms with Gasteiger partial charge in [-0.25, -0.2) is 10.1 Å². The zero-order chi connectivity index (χ0) is 17.9. The predicted octanol–water partition coefficient (Wildman–Crippen LogP) is 1.34. The van der Waals surface area contributed by atoms with Crippen molar-refractivity contribution in [2.45, 2.75) is 4.90 Å². The second-order valence-corrected chi connectivity index (χ2v) is 5.23. The van der Waals surface area contributed by atoms with E-state index in [1.807, 2.05) is 0 Å². The van der Waals surface area contributed by atoms with Crippen LogP contribution in [0.4, 0.5) is 11.4 Å². The summed E-state index contributed by atoms with van der Waals surface area (Å²) in [6.07, 6.45) is 0. The van der Waals surface area contributed by atoms with Crippen LogP contribution in [-0.2, 0) is 23.5 Å². The van der Waals surface area contributed by atoms with E-state index < -0.39 is 22.8 Å². The Bertz CT molecular complexity index is 906. The van der Waals surface area contributed by atoms with Gasteiger partial charge in [-0.2, -0.15) is 0 Å². The standard InChI is InChI=1S/C12H12N4O7S/c1-15-10(18)9(11(19)16(2)12(15)20)14-13-7-5-6(24-23-22-21)3-4-8(7)17/h3-5,17-18,21H,1-2H3. The largest absolute Gasteiger partial charge is 0.506 e. The van der Waals surface area contributed by atoms with E-state index in [1.54, 1.807) is 0 Å². The molecule has 128 valence electrons. The SMILES string of the molecule is Cn1c(O)c(N=Nc2cc(SOOO)ccc2O)c(=O)n(C)c1=O. The number of nitrogens with zero attached hydrogens (tertiary/aromatic N) is 4. The third-order valence-corrected chi connectivity index (χ3v) is 3.55. The number of benzene rings is 1. The van der Waals surface area contributed by atoms with Crippen LogP contribution < -0.4 is 11.2 Å². The minimum Gasteiger partial charge on any atom is -0.506 e. The summed E-state index contributed by atoms with van der Waals surface area (Å²) in [7, 11) is 2.49. The molecular weight excluding hydrogens is 344 g/mol. The molecule has 0 atom stereocenters. The molecule has 1 aromatic heterocycles. The number of hydrogen-bond donors (Lipinski definition) is 3. The maximum absolute atomic E-state index is 12.0. The molecule has 2 rings (SSSR count). The molecule has 0 saturated heterocycles. The van der Waals surface area contributed by atoms with Gasteiger partial charge in [-0.15, -0.1) is 14.6 Å². The van der Waals surface area contributed by atoms with Crippen LogP contribution in [0.3, 0.4) is 0 Å². The summed E-state index contributed by atoms with van der Waals surface area (Å²) < 4.78 is 5.83. The lowest BCUT2D eigenvalue weighted by molar-refractivity contribution is -0.432. The fourth-order valence-electron chi connectivity index (χ4n) is 1.70. The highest BCUT2D eigenvalue weighted by atomic mass is 32.2. The Kier molecular flexibility index (Phi) is 5.35. The number of rotatable bonds is 5. The summed E-state index contributed by atoms with van der Waals surface area (Å²) in [5.74, 6) is -0.914. The van der Waals surface area contributed by atoms with E-state index in [2.05, 4.69) is 19.6 Å². The van der Waals surface area contributed by atoms with E-state index in [4.69, 9.17) is 5.26 Å². The van der Waals surface area contributed by atoms with Crippen molar-refractivity contribution in [1.29, 1.82) is 0 Å². The van der Waals surface area contributed by atoms with E-state index in [0.29, 0.717) is 16.9 Å². The van der Waals surface area contributed by atoms with Gasteiger partial charge in [0.15, 0.2) is 0 Å². The highest BCUT2D eigenvalue weighted by Gasteiger charge is 2.14. The van der Waals surface area contributed by atoms with Gasteiger partial charge in [-0.1, -0.05) is 5.04 Å². The second kappa shape index (κ2) is 7.27. The van der Waals surface area contributed by atoms with Crippen molar-refractivity contribution in [3.05, 3.63) is 39.0 Å². The molecule has 3 N–H and O–H groups in total. The molecule has 0 saturated carbocycles. The maximum atomic E-state index is 12.0. The van der Waals surface area contributed by atoms with E-state index in [9.17, 15) is 19.8 Å². The molecule has 11 nitrogen and oxygen atoms in total. The molecule has 0 aliphatic rings. The number of hydrogen-bond acceptors (Lipinski definition) is 10. The Labute approximate surface area is 138 Å².